The summed E-state index contributed by atoms with van der Waals surface area (Å²) in [5.41, 5.74) is -0.343. The van der Waals surface area contributed by atoms with Crippen molar-refractivity contribution in [3.8, 4) is 0 Å². The minimum atomic E-state index is -3.54. The number of hydrogen-bond donors (Lipinski definition) is 1. The van der Waals surface area contributed by atoms with Crippen molar-refractivity contribution < 1.29 is 8.42 Å². The fourth-order valence-electron chi connectivity index (χ4n) is 2.56. The SMILES string of the molecule is CCNc1ncc(Br)cc1S(=O)(=O)N1CCCC1(C)C. The predicted octanol–water partition coefficient (Wildman–Crippen LogP) is 2.84. The quantitative estimate of drug-likeness (QED) is 0.895. The average molecular weight is 362 g/mol. The predicted molar refractivity (Wildman–Crippen MR) is 83.3 cm³/mol. The summed E-state index contributed by atoms with van der Waals surface area (Å²) < 4.78 is 28.1. The molecule has 0 aromatic carbocycles. The zero-order valence-electron chi connectivity index (χ0n) is 12.0. The molecular weight excluding hydrogens is 342 g/mol. The molecule has 1 fully saturated rings. The molecule has 0 saturated carbocycles. The van der Waals surface area contributed by atoms with E-state index in [1.54, 1.807) is 16.6 Å². The second-order valence-corrected chi connectivity index (χ2v) is 8.27. The van der Waals surface area contributed by atoms with Crippen LogP contribution in [0.4, 0.5) is 5.82 Å². The summed E-state index contributed by atoms with van der Waals surface area (Å²) in [5.74, 6) is 0.415. The van der Waals surface area contributed by atoms with Crippen molar-refractivity contribution in [2.75, 3.05) is 18.4 Å². The van der Waals surface area contributed by atoms with E-state index in [0.717, 1.165) is 12.8 Å². The zero-order chi connectivity index (χ0) is 15.0. The van der Waals surface area contributed by atoms with Crippen LogP contribution in [0.15, 0.2) is 21.6 Å². The van der Waals surface area contributed by atoms with Gasteiger partial charge in [-0.05, 0) is 55.6 Å². The summed E-state index contributed by atoms with van der Waals surface area (Å²) in [6.07, 6.45) is 3.38. The molecule has 1 saturated heterocycles. The maximum absolute atomic E-state index is 12.9. The number of pyridine rings is 1. The van der Waals surface area contributed by atoms with E-state index in [1.165, 1.54) is 0 Å². The Morgan fingerprint density at radius 3 is 2.75 bits per heavy atom. The number of sulfonamides is 1. The largest absolute Gasteiger partial charge is 0.369 e. The van der Waals surface area contributed by atoms with Gasteiger partial charge in [0.05, 0.1) is 0 Å². The van der Waals surface area contributed by atoms with Gasteiger partial charge in [-0.15, -0.1) is 0 Å². The molecule has 1 N–H and O–H groups in total. The first kappa shape index (κ1) is 15.7. The minimum Gasteiger partial charge on any atom is -0.369 e. The third-order valence-corrected chi connectivity index (χ3v) is 6.11. The van der Waals surface area contributed by atoms with Gasteiger partial charge in [0.15, 0.2) is 0 Å². The Kier molecular flexibility index (Phi) is 4.41. The summed E-state index contributed by atoms with van der Waals surface area (Å²) in [4.78, 5) is 4.43. The van der Waals surface area contributed by atoms with Gasteiger partial charge < -0.3 is 5.32 Å². The van der Waals surface area contributed by atoms with Crippen LogP contribution in [0.5, 0.6) is 0 Å². The molecule has 1 aliphatic heterocycles. The molecule has 0 amide bonds. The van der Waals surface area contributed by atoms with Crippen LogP contribution in [0.25, 0.3) is 0 Å². The monoisotopic (exact) mass is 361 g/mol. The first-order valence-corrected chi connectivity index (χ1v) is 8.94. The highest BCUT2D eigenvalue weighted by atomic mass is 79.9. The van der Waals surface area contributed by atoms with Gasteiger partial charge in [-0.25, -0.2) is 13.4 Å². The van der Waals surface area contributed by atoms with Crippen LogP contribution >= 0.6 is 15.9 Å². The van der Waals surface area contributed by atoms with E-state index >= 15 is 0 Å². The van der Waals surface area contributed by atoms with Crippen LogP contribution in [0.2, 0.25) is 0 Å². The number of halogens is 1. The van der Waals surface area contributed by atoms with Crippen molar-refractivity contribution in [2.24, 2.45) is 0 Å². The fourth-order valence-corrected chi connectivity index (χ4v) is 5.04. The standard InChI is InChI=1S/C13H20BrN3O2S/c1-4-15-12-11(8-10(14)9-16-12)20(18,19)17-7-5-6-13(17,2)3/h8-9H,4-7H2,1-3H3,(H,15,16). The van der Waals surface area contributed by atoms with E-state index in [9.17, 15) is 8.42 Å². The van der Waals surface area contributed by atoms with Crippen LogP contribution in [0.1, 0.15) is 33.6 Å². The van der Waals surface area contributed by atoms with Gasteiger partial charge in [-0.2, -0.15) is 4.31 Å². The van der Waals surface area contributed by atoms with Crippen LogP contribution < -0.4 is 5.32 Å². The lowest BCUT2D eigenvalue weighted by molar-refractivity contribution is 0.292. The molecule has 0 unspecified atom stereocenters. The van der Waals surface area contributed by atoms with E-state index in [4.69, 9.17) is 0 Å². The second kappa shape index (κ2) is 5.61. The smallest absolute Gasteiger partial charge is 0.247 e. The Bertz CT molecular complexity index is 602. The first-order valence-electron chi connectivity index (χ1n) is 6.71. The van der Waals surface area contributed by atoms with Gasteiger partial charge in [-0.3, -0.25) is 0 Å². The van der Waals surface area contributed by atoms with Gasteiger partial charge in [0, 0.05) is 29.3 Å². The Hall–Kier alpha value is -0.660. The molecule has 112 valence electrons. The van der Waals surface area contributed by atoms with E-state index in [-0.39, 0.29) is 10.4 Å². The maximum Gasteiger partial charge on any atom is 0.247 e. The number of aromatic nitrogens is 1. The Labute approximate surface area is 129 Å². The number of hydrogen-bond acceptors (Lipinski definition) is 4. The third kappa shape index (κ3) is 2.84. The van der Waals surface area contributed by atoms with Crippen molar-refractivity contribution in [1.82, 2.24) is 9.29 Å². The molecule has 0 spiro atoms. The van der Waals surface area contributed by atoms with Crippen molar-refractivity contribution in [3.63, 3.8) is 0 Å². The van der Waals surface area contributed by atoms with E-state index in [2.05, 4.69) is 26.2 Å². The number of rotatable bonds is 4. The van der Waals surface area contributed by atoms with E-state index in [1.807, 2.05) is 20.8 Å². The van der Waals surface area contributed by atoms with Crippen LogP contribution in [-0.2, 0) is 10.0 Å². The molecule has 20 heavy (non-hydrogen) atoms. The highest BCUT2D eigenvalue weighted by Gasteiger charge is 2.42. The lowest BCUT2D eigenvalue weighted by Gasteiger charge is -2.31. The molecule has 1 aliphatic rings. The van der Waals surface area contributed by atoms with E-state index < -0.39 is 10.0 Å². The maximum atomic E-state index is 12.9. The lowest BCUT2D eigenvalue weighted by Crippen LogP contribution is -2.42. The zero-order valence-corrected chi connectivity index (χ0v) is 14.4. The summed E-state index contributed by atoms with van der Waals surface area (Å²) in [7, 11) is -3.54. The molecule has 1 aromatic rings. The summed E-state index contributed by atoms with van der Waals surface area (Å²) >= 11 is 3.30. The number of nitrogens with one attached hydrogen (secondary N) is 1. The molecular formula is C13H20BrN3O2S. The Morgan fingerprint density at radius 2 is 2.20 bits per heavy atom. The van der Waals surface area contributed by atoms with Crippen LogP contribution in [0, 0.1) is 0 Å². The fraction of sp³-hybridized carbons (Fsp3) is 0.615. The first-order chi connectivity index (χ1) is 9.29. The number of nitrogens with zero attached hydrogens (tertiary/aromatic N) is 2. The summed E-state index contributed by atoms with van der Waals surface area (Å²) in [5, 5.41) is 3.02. The van der Waals surface area contributed by atoms with Crippen molar-refractivity contribution in [3.05, 3.63) is 16.7 Å². The van der Waals surface area contributed by atoms with Crippen molar-refractivity contribution in [2.45, 2.75) is 44.0 Å². The Morgan fingerprint density at radius 1 is 1.50 bits per heavy atom. The van der Waals surface area contributed by atoms with Gasteiger partial charge >= 0.3 is 0 Å². The molecule has 2 rings (SSSR count). The van der Waals surface area contributed by atoms with Crippen LogP contribution in [-0.4, -0.2) is 36.3 Å². The van der Waals surface area contributed by atoms with Crippen molar-refractivity contribution >= 4 is 31.8 Å². The normalized spacial score (nSPS) is 19.2. The lowest BCUT2D eigenvalue weighted by atomic mass is 10.0. The second-order valence-electron chi connectivity index (χ2n) is 5.52. The van der Waals surface area contributed by atoms with Gasteiger partial charge in [0.25, 0.3) is 0 Å². The molecule has 1 aromatic heterocycles. The highest BCUT2D eigenvalue weighted by Crippen LogP contribution is 2.36. The van der Waals surface area contributed by atoms with Gasteiger partial charge in [-0.1, -0.05) is 0 Å². The Balaban J connectivity index is 2.51. The molecule has 7 heteroatoms. The minimum absolute atomic E-state index is 0.240. The highest BCUT2D eigenvalue weighted by molar-refractivity contribution is 9.10. The van der Waals surface area contributed by atoms with Gasteiger partial charge in [0.1, 0.15) is 10.7 Å². The summed E-state index contributed by atoms with van der Waals surface area (Å²) in [6.45, 7) is 7.04. The van der Waals surface area contributed by atoms with E-state index in [0.29, 0.717) is 23.4 Å². The molecule has 0 bridgehead atoms. The number of anilines is 1. The van der Waals surface area contributed by atoms with Crippen LogP contribution in [0.3, 0.4) is 0 Å². The van der Waals surface area contributed by atoms with Gasteiger partial charge in [0.2, 0.25) is 10.0 Å². The molecule has 5 nitrogen and oxygen atoms in total. The molecule has 0 radical (unpaired) electrons. The molecule has 2 heterocycles. The third-order valence-electron chi connectivity index (χ3n) is 3.56. The van der Waals surface area contributed by atoms with Crippen molar-refractivity contribution in [1.29, 1.82) is 0 Å². The summed E-state index contributed by atoms with van der Waals surface area (Å²) in [6, 6.07) is 1.62. The average Bonchev–Trinajstić information content (AvgIpc) is 2.72. The molecule has 0 atom stereocenters. The topological polar surface area (TPSA) is 62.3 Å². The molecule has 0 aliphatic carbocycles.